The molecule has 0 saturated carbocycles. The van der Waals surface area contributed by atoms with Gasteiger partial charge in [-0.05, 0) is 19.1 Å². The third-order valence-corrected chi connectivity index (χ3v) is 4.58. The second kappa shape index (κ2) is 6.77. The molecule has 5 nitrogen and oxygen atoms in total. The van der Waals surface area contributed by atoms with Gasteiger partial charge in [-0.25, -0.2) is 0 Å². The van der Waals surface area contributed by atoms with Crippen LogP contribution in [0.2, 0.25) is 0 Å². The summed E-state index contributed by atoms with van der Waals surface area (Å²) < 4.78 is 5.30. The summed E-state index contributed by atoms with van der Waals surface area (Å²) in [5, 5.41) is 2.99. The highest BCUT2D eigenvalue weighted by atomic mass is 32.2. The van der Waals surface area contributed by atoms with Crippen molar-refractivity contribution in [1.82, 2.24) is 10.2 Å². The fourth-order valence-corrected chi connectivity index (χ4v) is 3.57. The largest absolute Gasteiger partial charge is 0.469 e. The molecule has 1 aromatic rings. The van der Waals surface area contributed by atoms with Crippen LogP contribution in [0.15, 0.2) is 22.8 Å². The first kappa shape index (κ1) is 16.9. The summed E-state index contributed by atoms with van der Waals surface area (Å²) in [4.78, 5) is 26.6. The van der Waals surface area contributed by atoms with E-state index in [1.165, 1.54) is 0 Å². The Morgan fingerprint density at radius 3 is 2.82 bits per heavy atom. The predicted molar refractivity (Wildman–Crippen MR) is 87.4 cm³/mol. The van der Waals surface area contributed by atoms with E-state index in [9.17, 15) is 9.59 Å². The van der Waals surface area contributed by atoms with Gasteiger partial charge in [-0.2, -0.15) is 0 Å². The van der Waals surface area contributed by atoms with Crippen LogP contribution in [0, 0.1) is 5.41 Å². The number of rotatable bonds is 4. The van der Waals surface area contributed by atoms with Crippen LogP contribution in [-0.4, -0.2) is 40.4 Å². The van der Waals surface area contributed by atoms with Gasteiger partial charge >= 0.3 is 0 Å². The molecule has 1 saturated heterocycles. The van der Waals surface area contributed by atoms with Gasteiger partial charge in [0, 0.05) is 23.6 Å². The Morgan fingerprint density at radius 1 is 1.50 bits per heavy atom. The van der Waals surface area contributed by atoms with E-state index in [1.54, 1.807) is 22.9 Å². The molecule has 0 radical (unpaired) electrons. The van der Waals surface area contributed by atoms with Crippen LogP contribution in [0.1, 0.15) is 33.5 Å². The molecule has 122 valence electrons. The maximum atomic E-state index is 12.5. The highest BCUT2D eigenvalue weighted by Gasteiger charge is 2.39. The van der Waals surface area contributed by atoms with Crippen molar-refractivity contribution in [2.24, 2.45) is 5.41 Å². The Kier molecular flexibility index (Phi) is 5.21. The Labute approximate surface area is 135 Å². The van der Waals surface area contributed by atoms with Crippen molar-refractivity contribution in [3.8, 4) is 0 Å². The van der Waals surface area contributed by atoms with E-state index in [0.29, 0.717) is 18.1 Å². The monoisotopic (exact) mass is 324 g/mol. The number of hydrogen-bond donors (Lipinski definition) is 1. The molecule has 2 amide bonds. The zero-order valence-corrected chi connectivity index (χ0v) is 14.4. The van der Waals surface area contributed by atoms with Gasteiger partial charge < -0.3 is 14.6 Å². The average Bonchev–Trinajstić information content (AvgIpc) is 3.06. The molecule has 1 N–H and O–H groups in total. The van der Waals surface area contributed by atoms with E-state index >= 15 is 0 Å². The minimum absolute atomic E-state index is 0.0244. The van der Waals surface area contributed by atoms with Crippen LogP contribution in [0.4, 0.5) is 0 Å². The van der Waals surface area contributed by atoms with E-state index in [4.69, 9.17) is 4.42 Å². The summed E-state index contributed by atoms with van der Waals surface area (Å²) in [6.45, 7) is 7.59. The molecule has 0 spiro atoms. The molecule has 6 heteroatoms. The van der Waals surface area contributed by atoms with Gasteiger partial charge in [-0.3, -0.25) is 9.59 Å². The van der Waals surface area contributed by atoms with Gasteiger partial charge in [-0.15, -0.1) is 11.8 Å². The van der Waals surface area contributed by atoms with Crippen LogP contribution < -0.4 is 5.32 Å². The molecule has 0 aromatic carbocycles. The molecule has 1 aliphatic heterocycles. The lowest BCUT2D eigenvalue weighted by atomic mass is 9.94. The minimum atomic E-state index is -0.469. The maximum absolute atomic E-state index is 12.5. The number of amides is 2. The highest BCUT2D eigenvalue weighted by Crippen LogP contribution is 2.27. The van der Waals surface area contributed by atoms with Crippen molar-refractivity contribution < 1.29 is 14.0 Å². The van der Waals surface area contributed by atoms with Gasteiger partial charge in [0.2, 0.25) is 11.8 Å². The Bertz CT molecular complexity index is 522. The van der Waals surface area contributed by atoms with E-state index in [1.807, 2.05) is 39.8 Å². The first-order valence-electron chi connectivity index (χ1n) is 7.50. The molecule has 0 bridgehead atoms. The quantitative estimate of drug-likeness (QED) is 0.923. The second-order valence-corrected chi connectivity index (χ2v) is 7.73. The molecule has 1 fully saturated rings. The van der Waals surface area contributed by atoms with Crippen molar-refractivity contribution in [2.75, 3.05) is 11.6 Å². The summed E-state index contributed by atoms with van der Waals surface area (Å²) in [5.74, 6) is 2.02. The Balaban J connectivity index is 1.94. The van der Waals surface area contributed by atoms with Crippen LogP contribution in [0.3, 0.4) is 0 Å². The van der Waals surface area contributed by atoms with E-state index in [0.717, 1.165) is 5.76 Å². The van der Waals surface area contributed by atoms with Crippen molar-refractivity contribution in [3.63, 3.8) is 0 Å². The van der Waals surface area contributed by atoms with Crippen LogP contribution >= 0.6 is 11.8 Å². The van der Waals surface area contributed by atoms with Crippen molar-refractivity contribution in [3.05, 3.63) is 24.2 Å². The van der Waals surface area contributed by atoms with Gasteiger partial charge in [0.05, 0.1) is 12.1 Å². The molecule has 0 aliphatic carbocycles. The molecular formula is C16H24N2O3S. The molecule has 1 aromatic heterocycles. The normalized spacial score (nSPS) is 20.0. The smallest absolute Gasteiger partial charge is 0.243 e. The topological polar surface area (TPSA) is 62.6 Å². The zero-order chi connectivity index (χ0) is 16.3. The van der Waals surface area contributed by atoms with Gasteiger partial charge in [0.25, 0.3) is 0 Å². The number of nitrogens with one attached hydrogen (secondary N) is 1. The molecule has 2 rings (SSSR count). The SMILES string of the molecule is C[C@H](Cc1ccco1)NC(=O)[C@@H]1CSCN1C(=O)C(C)(C)C. The lowest BCUT2D eigenvalue weighted by Gasteiger charge is -2.30. The second-order valence-electron chi connectivity index (χ2n) is 6.73. The van der Waals surface area contributed by atoms with Gasteiger partial charge in [0.1, 0.15) is 11.8 Å². The van der Waals surface area contributed by atoms with Gasteiger partial charge in [0.15, 0.2) is 0 Å². The van der Waals surface area contributed by atoms with Crippen molar-refractivity contribution in [1.29, 1.82) is 0 Å². The van der Waals surface area contributed by atoms with E-state index in [-0.39, 0.29) is 23.9 Å². The molecule has 2 atom stereocenters. The summed E-state index contributed by atoms with van der Waals surface area (Å²) in [6, 6.07) is 3.32. The molecule has 0 unspecified atom stereocenters. The predicted octanol–water partition coefficient (Wildman–Crippen LogP) is 2.27. The summed E-state index contributed by atoms with van der Waals surface area (Å²) in [7, 11) is 0. The Hall–Kier alpha value is -1.43. The van der Waals surface area contributed by atoms with Gasteiger partial charge in [-0.1, -0.05) is 20.8 Å². The molecule has 1 aliphatic rings. The first-order valence-corrected chi connectivity index (χ1v) is 8.66. The fourth-order valence-electron chi connectivity index (χ4n) is 2.41. The average molecular weight is 324 g/mol. The third-order valence-electron chi connectivity index (χ3n) is 3.56. The zero-order valence-electron chi connectivity index (χ0n) is 13.6. The van der Waals surface area contributed by atoms with Crippen LogP contribution in [-0.2, 0) is 16.0 Å². The number of thioether (sulfide) groups is 1. The number of nitrogens with zero attached hydrogens (tertiary/aromatic N) is 1. The molecular weight excluding hydrogens is 300 g/mol. The summed E-state index contributed by atoms with van der Waals surface area (Å²) in [6.07, 6.45) is 2.27. The lowest BCUT2D eigenvalue weighted by Crippen LogP contribution is -2.52. The van der Waals surface area contributed by atoms with Crippen LogP contribution in [0.25, 0.3) is 0 Å². The standard InChI is InChI=1S/C16H24N2O3S/c1-11(8-12-6-5-7-21-12)17-14(19)13-9-22-10-18(13)15(20)16(2,3)4/h5-7,11,13H,8-10H2,1-4H3,(H,17,19)/t11-,13+/m1/s1. The van der Waals surface area contributed by atoms with Crippen LogP contribution in [0.5, 0.6) is 0 Å². The number of carbonyl (C=O) groups is 2. The number of hydrogen-bond acceptors (Lipinski definition) is 4. The minimum Gasteiger partial charge on any atom is -0.469 e. The summed E-state index contributed by atoms with van der Waals surface area (Å²) >= 11 is 1.62. The molecule has 22 heavy (non-hydrogen) atoms. The van der Waals surface area contributed by atoms with Crippen molar-refractivity contribution >= 4 is 23.6 Å². The maximum Gasteiger partial charge on any atom is 0.243 e. The molecule has 2 heterocycles. The third kappa shape index (κ3) is 4.06. The van der Waals surface area contributed by atoms with E-state index in [2.05, 4.69) is 5.32 Å². The lowest BCUT2D eigenvalue weighted by molar-refractivity contribution is -0.144. The summed E-state index contributed by atoms with van der Waals surface area (Å²) in [5.41, 5.74) is -0.469. The fraction of sp³-hybridized carbons (Fsp3) is 0.625. The number of carbonyl (C=O) groups excluding carboxylic acids is 2. The highest BCUT2D eigenvalue weighted by molar-refractivity contribution is 7.99. The number of furan rings is 1. The first-order chi connectivity index (χ1) is 10.3. The Morgan fingerprint density at radius 2 is 2.23 bits per heavy atom. The van der Waals surface area contributed by atoms with E-state index < -0.39 is 5.41 Å². The van der Waals surface area contributed by atoms with Crippen molar-refractivity contribution in [2.45, 2.75) is 46.2 Å².